The summed E-state index contributed by atoms with van der Waals surface area (Å²) in [6, 6.07) is 7.00. The number of carboxylic acids is 1. The van der Waals surface area contributed by atoms with Gasteiger partial charge in [-0.3, -0.25) is 0 Å². The maximum Gasteiger partial charge on any atom is 0.337 e. The predicted octanol–water partition coefficient (Wildman–Crippen LogP) is 4.03. The van der Waals surface area contributed by atoms with Crippen molar-refractivity contribution in [2.75, 3.05) is 11.1 Å². The Labute approximate surface area is 130 Å². The number of rotatable bonds is 4. The van der Waals surface area contributed by atoms with E-state index in [0.29, 0.717) is 5.56 Å². The van der Waals surface area contributed by atoms with Crippen LogP contribution in [0, 0.1) is 5.82 Å². The number of carbonyl (C=O) groups is 1. The van der Waals surface area contributed by atoms with Gasteiger partial charge in [0.15, 0.2) is 0 Å². The van der Waals surface area contributed by atoms with Gasteiger partial charge in [0.2, 0.25) is 0 Å². The van der Waals surface area contributed by atoms with Crippen LogP contribution in [0.3, 0.4) is 0 Å². The average Bonchev–Trinajstić information content (AvgIpc) is 2.40. The smallest absolute Gasteiger partial charge is 0.337 e. The van der Waals surface area contributed by atoms with Crippen LogP contribution in [0.5, 0.6) is 0 Å². The first kappa shape index (κ1) is 15.4. The lowest BCUT2D eigenvalue weighted by molar-refractivity contribution is 0.0698. The molecule has 0 aliphatic heterocycles. The molecular formula is C14H11Cl2FN2O2. The zero-order valence-electron chi connectivity index (χ0n) is 10.7. The van der Waals surface area contributed by atoms with Crippen LogP contribution >= 0.6 is 23.2 Å². The standard InChI is InChI=1S/C14H11Cl2FN2O2/c15-10-3-7(1-2-12(10)17)6-19-13-9(14(20)21)4-8(18)5-11(13)16/h1-5,19H,6,18H2,(H,20,21). The van der Waals surface area contributed by atoms with Crippen molar-refractivity contribution >= 4 is 40.5 Å². The summed E-state index contributed by atoms with van der Waals surface area (Å²) in [6.45, 7) is 0.240. The van der Waals surface area contributed by atoms with Gasteiger partial charge in [-0.05, 0) is 29.8 Å². The largest absolute Gasteiger partial charge is 0.478 e. The van der Waals surface area contributed by atoms with Crippen molar-refractivity contribution in [1.82, 2.24) is 0 Å². The second-order valence-electron chi connectivity index (χ2n) is 4.33. The fourth-order valence-electron chi connectivity index (χ4n) is 1.82. The molecule has 0 amide bonds. The molecule has 0 aromatic heterocycles. The van der Waals surface area contributed by atoms with Crippen LogP contribution < -0.4 is 11.1 Å². The molecule has 110 valence electrons. The van der Waals surface area contributed by atoms with Gasteiger partial charge in [0.25, 0.3) is 0 Å². The highest BCUT2D eigenvalue weighted by molar-refractivity contribution is 6.34. The van der Waals surface area contributed by atoms with Crippen molar-refractivity contribution in [3.05, 3.63) is 57.3 Å². The van der Waals surface area contributed by atoms with Crippen LogP contribution in [0.4, 0.5) is 15.8 Å². The molecule has 4 nitrogen and oxygen atoms in total. The summed E-state index contributed by atoms with van der Waals surface area (Å²) in [5, 5.41) is 12.3. The Hall–Kier alpha value is -1.98. The Balaban J connectivity index is 2.27. The number of carboxylic acid groups (broad SMARTS) is 1. The van der Waals surface area contributed by atoms with Gasteiger partial charge in [0, 0.05) is 12.2 Å². The van der Waals surface area contributed by atoms with Crippen molar-refractivity contribution in [3.63, 3.8) is 0 Å². The number of nitrogens with two attached hydrogens (primary N) is 1. The number of hydrogen-bond donors (Lipinski definition) is 3. The summed E-state index contributed by atoms with van der Waals surface area (Å²) in [4.78, 5) is 11.2. The lowest BCUT2D eigenvalue weighted by atomic mass is 10.1. The Morgan fingerprint density at radius 2 is 1.95 bits per heavy atom. The molecule has 0 heterocycles. The molecule has 7 heteroatoms. The van der Waals surface area contributed by atoms with E-state index < -0.39 is 11.8 Å². The Kier molecular flexibility index (Phi) is 4.55. The number of nitrogens with one attached hydrogen (secondary N) is 1. The lowest BCUT2D eigenvalue weighted by Gasteiger charge is -2.13. The first-order valence-corrected chi connectivity index (χ1v) is 6.64. The summed E-state index contributed by atoms with van der Waals surface area (Å²) in [6.07, 6.45) is 0. The molecule has 4 N–H and O–H groups in total. The fourth-order valence-corrected chi connectivity index (χ4v) is 2.31. The molecule has 0 unspecified atom stereocenters. The normalized spacial score (nSPS) is 10.4. The van der Waals surface area contributed by atoms with Gasteiger partial charge in [-0.1, -0.05) is 29.3 Å². The van der Waals surface area contributed by atoms with Gasteiger partial charge in [0.1, 0.15) is 5.82 Å². The summed E-state index contributed by atoms with van der Waals surface area (Å²) in [5.41, 5.74) is 6.73. The first-order valence-electron chi connectivity index (χ1n) is 5.88. The van der Waals surface area contributed by atoms with Crippen molar-refractivity contribution in [2.45, 2.75) is 6.54 Å². The lowest BCUT2D eigenvalue weighted by Crippen LogP contribution is -2.08. The van der Waals surface area contributed by atoms with E-state index in [1.54, 1.807) is 6.07 Å². The molecular weight excluding hydrogens is 318 g/mol. The van der Waals surface area contributed by atoms with Gasteiger partial charge in [-0.2, -0.15) is 0 Å². The zero-order valence-corrected chi connectivity index (χ0v) is 12.2. The van der Waals surface area contributed by atoms with E-state index in [9.17, 15) is 9.18 Å². The van der Waals surface area contributed by atoms with Gasteiger partial charge in [-0.25, -0.2) is 9.18 Å². The Morgan fingerprint density at radius 3 is 2.57 bits per heavy atom. The average molecular weight is 329 g/mol. The molecule has 0 fully saturated rings. The van der Waals surface area contributed by atoms with Crippen molar-refractivity contribution < 1.29 is 14.3 Å². The summed E-state index contributed by atoms with van der Waals surface area (Å²) >= 11 is 11.7. The number of benzene rings is 2. The maximum atomic E-state index is 13.1. The van der Waals surface area contributed by atoms with Crippen LogP contribution in [0.25, 0.3) is 0 Å². The number of hydrogen-bond acceptors (Lipinski definition) is 3. The van der Waals surface area contributed by atoms with Gasteiger partial charge >= 0.3 is 5.97 Å². The maximum absolute atomic E-state index is 13.1. The number of aromatic carboxylic acids is 1. The van der Waals surface area contributed by atoms with Crippen LogP contribution in [-0.2, 0) is 6.54 Å². The van der Waals surface area contributed by atoms with Crippen LogP contribution in [-0.4, -0.2) is 11.1 Å². The third-order valence-electron chi connectivity index (χ3n) is 2.80. The van der Waals surface area contributed by atoms with Crippen molar-refractivity contribution in [3.8, 4) is 0 Å². The highest BCUT2D eigenvalue weighted by Crippen LogP contribution is 2.30. The van der Waals surface area contributed by atoms with Crippen LogP contribution in [0.2, 0.25) is 10.0 Å². The number of anilines is 2. The number of halogens is 3. The molecule has 2 rings (SSSR count). The fraction of sp³-hybridized carbons (Fsp3) is 0.0714. The quantitative estimate of drug-likeness (QED) is 0.741. The van der Waals surface area contributed by atoms with E-state index in [-0.39, 0.29) is 33.5 Å². The van der Waals surface area contributed by atoms with Crippen LogP contribution in [0.15, 0.2) is 30.3 Å². The number of nitrogen functional groups attached to an aromatic ring is 1. The van der Waals surface area contributed by atoms with Crippen LogP contribution in [0.1, 0.15) is 15.9 Å². The van der Waals surface area contributed by atoms with E-state index in [1.165, 1.54) is 24.3 Å². The monoisotopic (exact) mass is 328 g/mol. The molecule has 21 heavy (non-hydrogen) atoms. The minimum absolute atomic E-state index is 0.00355. The molecule has 0 aliphatic carbocycles. The summed E-state index contributed by atoms with van der Waals surface area (Å²) in [5.74, 6) is -1.67. The van der Waals surface area contributed by atoms with Gasteiger partial charge in [-0.15, -0.1) is 0 Å². The third kappa shape index (κ3) is 3.56. The second kappa shape index (κ2) is 6.20. The van der Waals surface area contributed by atoms with E-state index in [0.717, 1.165) is 0 Å². The molecule has 0 bridgehead atoms. The first-order chi connectivity index (χ1) is 9.88. The van der Waals surface area contributed by atoms with E-state index in [4.69, 9.17) is 34.0 Å². The molecule has 0 radical (unpaired) electrons. The molecule has 0 spiro atoms. The summed E-state index contributed by atoms with van der Waals surface area (Å²) in [7, 11) is 0. The molecule has 2 aromatic rings. The third-order valence-corrected chi connectivity index (χ3v) is 3.38. The van der Waals surface area contributed by atoms with Crippen molar-refractivity contribution in [1.29, 1.82) is 0 Å². The Bertz CT molecular complexity index is 708. The summed E-state index contributed by atoms with van der Waals surface area (Å²) < 4.78 is 13.1. The SMILES string of the molecule is Nc1cc(Cl)c(NCc2ccc(F)c(Cl)c2)c(C(=O)O)c1. The predicted molar refractivity (Wildman–Crippen MR) is 81.6 cm³/mol. The van der Waals surface area contributed by atoms with E-state index in [2.05, 4.69) is 5.32 Å². The molecule has 2 aromatic carbocycles. The topological polar surface area (TPSA) is 75.3 Å². The minimum atomic E-state index is -1.15. The second-order valence-corrected chi connectivity index (χ2v) is 5.15. The molecule has 0 saturated carbocycles. The Morgan fingerprint density at radius 1 is 1.24 bits per heavy atom. The van der Waals surface area contributed by atoms with Gasteiger partial charge < -0.3 is 16.2 Å². The van der Waals surface area contributed by atoms with Crippen molar-refractivity contribution in [2.24, 2.45) is 0 Å². The highest BCUT2D eigenvalue weighted by Gasteiger charge is 2.14. The highest BCUT2D eigenvalue weighted by atomic mass is 35.5. The molecule has 0 aliphatic rings. The van der Waals surface area contributed by atoms with Gasteiger partial charge in [0.05, 0.1) is 21.3 Å². The minimum Gasteiger partial charge on any atom is -0.478 e. The zero-order chi connectivity index (χ0) is 15.6. The molecule has 0 atom stereocenters. The van der Waals surface area contributed by atoms with E-state index >= 15 is 0 Å². The van der Waals surface area contributed by atoms with E-state index in [1.807, 2.05) is 0 Å². The molecule has 0 saturated heterocycles.